The fourth-order valence-corrected chi connectivity index (χ4v) is 1.69. The molecule has 1 aromatic carbocycles. The van der Waals surface area contributed by atoms with Crippen molar-refractivity contribution in [2.24, 2.45) is 0 Å². The maximum atomic E-state index is 12.2. The van der Waals surface area contributed by atoms with Crippen LogP contribution in [-0.4, -0.2) is 22.6 Å². The Morgan fingerprint density at radius 1 is 1.40 bits per heavy atom. The first kappa shape index (κ1) is 13.8. The molecule has 0 aliphatic rings. The number of anilines is 1. The molecule has 0 fully saturated rings. The number of rotatable bonds is 2. The number of aliphatic hydroxyl groups is 1. The largest absolute Gasteiger partial charge is 0.384 e. The van der Waals surface area contributed by atoms with E-state index in [1.54, 1.807) is 42.7 Å². The molecule has 0 unspecified atom stereocenters. The van der Waals surface area contributed by atoms with Crippen molar-refractivity contribution in [3.63, 3.8) is 0 Å². The van der Waals surface area contributed by atoms with Crippen LogP contribution in [0.5, 0.6) is 0 Å². The maximum Gasteiger partial charge on any atom is 0.255 e. The van der Waals surface area contributed by atoms with Gasteiger partial charge >= 0.3 is 0 Å². The summed E-state index contributed by atoms with van der Waals surface area (Å²) in [7, 11) is 0. The van der Waals surface area contributed by atoms with Crippen molar-refractivity contribution in [3.8, 4) is 11.8 Å². The predicted molar refractivity (Wildman–Crippen MR) is 77.3 cm³/mol. The molecular formula is C16H14N2O2. The van der Waals surface area contributed by atoms with Crippen LogP contribution in [0.15, 0.2) is 42.7 Å². The van der Waals surface area contributed by atoms with Crippen LogP contribution in [0, 0.1) is 18.8 Å². The van der Waals surface area contributed by atoms with Gasteiger partial charge in [-0.25, -0.2) is 0 Å². The van der Waals surface area contributed by atoms with Gasteiger partial charge in [-0.3, -0.25) is 9.78 Å². The third kappa shape index (κ3) is 3.44. The fourth-order valence-electron chi connectivity index (χ4n) is 1.69. The van der Waals surface area contributed by atoms with E-state index in [9.17, 15) is 4.79 Å². The average Bonchev–Trinajstić information content (AvgIpc) is 2.48. The van der Waals surface area contributed by atoms with E-state index >= 15 is 0 Å². The number of nitrogens with one attached hydrogen (secondary N) is 1. The zero-order valence-corrected chi connectivity index (χ0v) is 11.1. The lowest BCUT2D eigenvalue weighted by Crippen LogP contribution is -2.12. The molecule has 0 spiro atoms. The Hall–Kier alpha value is -2.64. The van der Waals surface area contributed by atoms with Crippen molar-refractivity contribution in [2.75, 3.05) is 11.9 Å². The van der Waals surface area contributed by atoms with E-state index in [1.165, 1.54) is 0 Å². The lowest BCUT2D eigenvalue weighted by atomic mass is 10.1. The Morgan fingerprint density at radius 3 is 3.00 bits per heavy atom. The molecule has 0 saturated heterocycles. The van der Waals surface area contributed by atoms with E-state index in [0.717, 1.165) is 11.3 Å². The van der Waals surface area contributed by atoms with Crippen LogP contribution in [-0.2, 0) is 0 Å². The summed E-state index contributed by atoms with van der Waals surface area (Å²) in [5, 5.41) is 11.5. The third-order valence-electron chi connectivity index (χ3n) is 2.71. The number of pyridine rings is 1. The van der Waals surface area contributed by atoms with Crippen molar-refractivity contribution in [1.82, 2.24) is 4.98 Å². The Labute approximate surface area is 117 Å². The summed E-state index contributed by atoms with van der Waals surface area (Å²) >= 11 is 0. The molecule has 2 aromatic rings. The molecule has 1 heterocycles. The third-order valence-corrected chi connectivity index (χ3v) is 2.71. The molecule has 100 valence electrons. The highest BCUT2D eigenvalue weighted by Gasteiger charge is 2.07. The quantitative estimate of drug-likeness (QED) is 0.817. The van der Waals surface area contributed by atoms with Crippen LogP contribution in [0.3, 0.4) is 0 Å². The van der Waals surface area contributed by atoms with Crippen molar-refractivity contribution in [3.05, 3.63) is 59.4 Å². The van der Waals surface area contributed by atoms with Gasteiger partial charge in [0, 0.05) is 29.2 Å². The van der Waals surface area contributed by atoms with E-state index in [0.29, 0.717) is 11.1 Å². The van der Waals surface area contributed by atoms with Gasteiger partial charge in [-0.2, -0.15) is 0 Å². The summed E-state index contributed by atoms with van der Waals surface area (Å²) in [4.78, 5) is 16.1. The van der Waals surface area contributed by atoms with Gasteiger partial charge < -0.3 is 10.4 Å². The van der Waals surface area contributed by atoms with Crippen molar-refractivity contribution in [2.45, 2.75) is 6.92 Å². The smallest absolute Gasteiger partial charge is 0.255 e. The summed E-state index contributed by atoms with van der Waals surface area (Å²) in [6, 6.07) is 8.71. The van der Waals surface area contributed by atoms with Gasteiger partial charge in [-0.15, -0.1) is 0 Å². The molecule has 1 aromatic heterocycles. The van der Waals surface area contributed by atoms with E-state index in [1.807, 2.05) is 6.92 Å². The molecule has 0 bridgehead atoms. The topological polar surface area (TPSA) is 62.2 Å². The van der Waals surface area contributed by atoms with Crippen LogP contribution in [0.25, 0.3) is 0 Å². The second-order valence-corrected chi connectivity index (χ2v) is 4.19. The van der Waals surface area contributed by atoms with Crippen molar-refractivity contribution >= 4 is 11.6 Å². The second-order valence-electron chi connectivity index (χ2n) is 4.19. The van der Waals surface area contributed by atoms with Crippen molar-refractivity contribution < 1.29 is 9.90 Å². The maximum absolute atomic E-state index is 12.2. The van der Waals surface area contributed by atoms with Gasteiger partial charge in [0.15, 0.2) is 0 Å². The summed E-state index contributed by atoms with van der Waals surface area (Å²) < 4.78 is 0. The minimum absolute atomic E-state index is 0.202. The summed E-state index contributed by atoms with van der Waals surface area (Å²) in [5.74, 6) is 5.13. The predicted octanol–water partition coefficient (Wildman–Crippen LogP) is 1.99. The molecule has 0 saturated carbocycles. The van der Waals surface area contributed by atoms with E-state index in [-0.39, 0.29) is 12.5 Å². The Morgan fingerprint density at radius 2 is 2.25 bits per heavy atom. The number of aliphatic hydroxyl groups excluding tert-OH is 1. The number of aromatic nitrogens is 1. The molecular weight excluding hydrogens is 252 g/mol. The number of hydrogen-bond donors (Lipinski definition) is 2. The van der Waals surface area contributed by atoms with Crippen LogP contribution in [0.4, 0.5) is 5.69 Å². The van der Waals surface area contributed by atoms with Crippen LogP contribution in [0.2, 0.25) is 0 Å². The molecule has 0 aliphatic heterocycles. The monoisotopic (exact) mass is 266 g/mol. The molecule has 2 rings (SSSR count). The number of carbonyl (C=O) groups excluding carboxylic acids is 1. The highest BCUT2D eigenvalue weighted by atomic mass is 16.2. The van der Waals surface area contributed by atoms with Gasteiger partial charge in [0.2, 0.25) is 0 Å². The lowest BCUT2D eigenvalue weighted by molar-refractivity contribution is 0.102. The first-order valence-corrected chi connectivity index (χ1v) is 6.12. The SMILES string of the molecule is Cc1cnccc1NC(=O)c1cccc(C#CCO)c1. The standard InChI is InChI=1S/C16H14N2O2/c1-12-11-17-8-7-15(12)18-16(20)14-6-2-4-13(10-14)5-3-9-19/h2,4,6-8,10-11,19H,9H2,1H3,(H,17,18,20). The van der Waals surface area contributed by atoms with Gasteiger partial charge in [-0.1, -0.05) is 17.9 Å². The van der Waals surface area contributed by atoms with E-state index < -0.39 is 0 Å². The van der Waals surface area contributed by atoms with Gasteiger partial charge in [-0.05, 0) is 36.8 Å². The van der Waals surface area contributed by atoms with Crippen LogP contribution in [0.1, 0.15) is 21.5 Å². The number of amides is 1. The molecule has 4 heteroatoms. The molecule has 20 heavy (non-hydrogen) atoms. The van der Waals surface area contributed by atoms with Gasteiger partial charge in [0.25, 0.3) is 5.91 Å². The van der Waals surface area contributed by atoms with E-state index in [2.05, 4.69) is 22.1 Å². The minimum Gasteiger partial charge on any atom is -0.384 e. The molecule has 1 amide bonds. The first-order chi connectivity index (χ1) is 9.70. The zero-order valence-electron chi connectivity index (χ0n) is 11.1. The summed E-state index contributed by atoms with van der Waals surface area (Å²) in [5.41, 5.74) is 2.85. The molecule has 4 nitrogen and oxygen atoms in total. The molecule has 0 aliphatic carbocycles. The Bertz CT molecular complexity index is 684. The van der Waals surface area contributed by atoms with Gasteiger partial charge in [0.1, 0.15) is 6.61 Å². The Balaban J connectivity index is 2.19. The lowest BCUT2D eigenvalue weighted by Gasteiger charge is -2.07. The Kier molecular flexibility index (Phi) is 4.48. The summed E-state index contributed by atoms with van der Waals surface area (Å²) in [6.45, 7) is 1.68. The zero-order chi connectivity index (χ0) is 14.4. The molecule has 2 N–H and O–H groups in total. The first-order valence-electron chi connectivity index (χ1n) is 6.12. The number of hydrogen-bond acceptors (Lipinski definition) is 3. The van der Waals surface area contributed by atoms with Crippen LogP contribution >= 0.6 is 0 Å². The number of benzene rings is 1. The normalized spacial score (nSPS) is 9.50. The van der Waals surface area contributed by atoms with Crippen molar-refractivity contribution in [1.29, 1.82) is 0 Å². The van der Waals surface area contributed by atoms with Crippen LogP contribution < -0.4 is 5.32 Å². The van der Waals surface area contributed by atoms with Gasteiger partial charge in [0.05, 0.1) is 0 Å². The minimum atomic E-state index is -0.202. The average molecular weight is 266 g/mol. The molecule has 0 radical (unpaired) electrons. The highest BCUT2D eigenvalue weighted by molar-refractivity contribution is 6.04. The summed E-state index contributed by atoms with van der Waals surface area (Å²) in [6.07, 6.45) is 3.32. The highest BCUT2D eigenvalue weighted by Crippen LogP contribution is 2.14. The number of aryl methyl sites for hydroxylation is 1. The second kappa shape index (κ2) is 6.50. The molecule has 0 atom stereocenters. The number of carbonyl (C=O) groups is 1. The fraction of sp³-hybridized carbons (Fsp3) is 0.125. The van der Waals surface area contributed by atoms with E-state index in [4.69, 9.17) is 5.11 Å². The number of nitrogens with zero attached hydrogens (tertiary/aromatic N) is 1.